The van der Waals surface area contributed by atoms with Crippen molar-refractivity contribution < 1.29 is 19.4 Å². The zero-order valence-corrected chi connectivity index (χ0v) is 15.3. The van der Waals surface area contributed by atoms with Crippen molar-refractivity contribution in [1.82, 2.24) is 0 Å². The van der Waals surface area contributed by atoms with Crippen LogP contribution in [0.5, 0.6) is 0 Å². The van der Waals surface area contributed by atoms with Crippen molar-refractivity contribution in [2.24, 2.45) is 5.41 Å². The number of carbonyl (C=O) groups is 2. The molecule has 0 radical (unpaired) electrons. The number of allylic oxidation sites excluding steroid dienone is 6. The monoisotopic (exact) mass is 344 g/mol. The summed E-state index contributed by atoms with van der Waals surface area (Å²) in [6.07, 6.45) is 11.1. The van der Waals surface area contributed by atoms with Gasteiger partial charge >= 0.3 is 5.97 Å². The van der Waals surface area contributed by atoms with E-state index in [4.69, 9.17) is 9.84 Å². The van der Waals surface area contributed by atoms with Gasteiger partial charge in [-0.1, -0.05) is 12.2 Å². The number of carbonyl (C=O) groups excluding carboxylic acids is 1. The van der Waals surface area contributed by atoms with Gasteiger partial charge in [-0.25, -0.2) is 0 Å². The van der Waals surface area contributed by atoms with Crippen molar-refractivity contribution in [2.75, 3.05) is 6.61 Å². The minimum Gasteiger partial charge on any atom is -0.493 e. The number of ether oxygens (including phenoxy) is 1. The fourth-order valence-corrected chi connectivity index (χ4v) is 3.20. The zero-order valence-electron chi connectivity index (χ0n) is 15.3. The van der Waals surface area contributed by atoms with Gasteiger partial charge in [-0.2, -0.15) is 0 Å². The number of carboxylic acids is 1. The number of fused-ring (bicyclic) bond motifs is 1. The van der Waals surface area contributed by atoms with Gasteiger partial charge in [-0.15, -0.1) is 6.58 Å². The molecule has 4 nitrogen and oxygen atoms in total. The van der Waals surface area contributed by atoms with Crippen LogP contribution >= 0.6 is 0 Å². The van der Waals surface area contributed by atoms with E-state index in [9.17, 15) is 9.59 Å². The molecule has 2 rings (SSSR count). The van der Waals surface area contributed by atoms with Crippen LogP contribution in [0, 0.1) is 5.41 Å². The second kappa shape index (κ2) is 8.32. The van der Waals surface area contributed by atoms with Crippen LogP contribution in [0.25, 0.3) is 0 Å². The Hall–Kier alpha value is -2.10. The van der Waals surface area contributed by atoms with E-state index in [2.05, 4.69) is 6.58 Å². The van der Waals surface area contributed by atoms with Crippen molar-refractivity contribution >= 4 is 11.8 Å². The molecule has 0 spiro atoms. The molecular weight excluding hydrogens is 316 g/mol. The molecule has 0 saturated heterocycles. The van der Waals surface area contributed by atoms with Crippen LogP contribution in [0.4, 0.5) is 0 Å². The number of rotatable bonds is 9. The predicted octanol–water partition coefficient (Wildman–Crippen LogP) is 4.73. The number of aliphatic carboxylic acids is 1. The summed E-state index contributed by atoms with van der Waals surface area (Å²) < 4.78 is 6.06. The summed E-state index contributed by atoms with van der Waals surface area (Å²) in [6.45, 7) is 7.80. The minimum atomic E-state index is -0.766. The van der Waals surface area contributed by atoms with Crippen molar-refractivity contribution in [1.29, 1.82) is 0 Å². The zero-order chi connectivity index (χ0) is 18.4. The van der Waals surface area contributed by atoms with Gasteiger partial charge in [0.15, 0.2) is 5.78 Å². The largest absolute Gasteiger partial charge is 0.493 e. The molecule has 1 N–H and O–H groups in total. The van der Waals surface area contributed by atoms with E-state index in [1.54, 1.807) is 26.0 Å². The fraction of sp³-hybridized carbons (Fsp3) is 0.524. The van der Waals surface area contributed by atoms with Crippen molar-refractivity contribution in [3.63, 3.8) is 0 Å². The van der Waals surface area contributed by atoms with Crippen LogP contribution < -0.4 is 0 Å². The average molecular weight is 344 g/mol. The Morgan fingerprint density at radius 2 is 2.16 bits per heavy atom. The third-order valence-electron chi connectivity index (χ3n) is 4.83. The topological polar surface area (TPSA) is 63.6 Å². The molecule has 136 valence electrons. The molecule has 0 aromatic heterocycles. The normalized spacial score (nSPS) is 17.6. The Morgan fingerprint density at radius 3 is 2.84 bits per heavy atom. The van der Waals surface area contributed by atoms with E-state index < -0.39 is 11.4 Å². The van der Waals surface area contributed by atoms with Crippen LogP contribution in [-0.4, -0.2) is 23.5 Å². The Bertz CT molecular complexity index is 647. The van der Waals surface area contributed by atoms with E-state index >= 15 is 0 Å². The Morgan fingerprint density at radius 1 is 1.40 bits per heavy atom. The molecule has 0 unspecified atom stereocenters. The summed E-state index contributed by atoms with van der Waals surface area (Å²) in [6, 6.07) is 0. The van der Waals surface area contributed by atoms with E-state index in [0.29, 0.717) is 19.4 Å². The Labute approximate surface area is 149 Å². The molecule has 0 heterocycles. The lowest BCUT2D eigenvalue weighted by Crippen LogP contribution is -2.23. The average Bonchev–Trinajstić information content (AvgIpc) is 2.57. The van der Waals surface area contributed by atoms with Gasteiger partial charge < -0.3 is 9.84 Å². The molecule has 0 aromatic carbocycles. The maximum atomic E-state index is 12.3. The number of carboxylic acid groups (broad SMARTS) is 1. The van der Waals surface area contributed by atoms with Gasteiger partial charge in [-0.3, -0.25) is 9.59 Å². The van der Waals surface area contributed by atoms with Crippen LogP contribution in [0.15, 0.2) is 47.3 Å². The number of unbranched alkanes of at least 4 members (excludes halogenated alkanes) is 1. The van der Waals surface area contributed by atoms with Crippen molar-refractivity contribution in [3.8, 4) is 0 Å². The number of hydrogen-bond donors (Lipinski definition) is 1. The van der Waals surface area contributed by atoms with E-state index in [0.717, 1.165) is 54.6 Å². The van der Waals surface area contributed by atoms with Gasteiger partial charge in [0.25, 0.3) is 0 Å². The molecule has 0 aromatic rings. The number of hydrogen-bond acceptors (Lipinski definition) is 3. The van der Waals surface area contributed by atoms with Gasteiger partial charge in [0.2, 0.25) is 0 Å². The number of ketones is 1. The van der Waals surface area contributed by atoms with Gasteiger partial charge in [-0.05, 0) is 64.9 Å². The van der Waals surface area contributed by atoms with Crippen molar-refractivity contribution in [2.45, 2.75) is 58.8 Å². The molecule has 0 bridgehead atoms. The molecular formula is C21H28O4. The van der Waals surface area contributed by atoms with Crippen LogP contribution in [0.3, 0.4) is 0 Å². The lowest BCUT2D eigenvalue weighted by molar-refractivity contribution is -0.147. The smallest absolute Gasteiger partial charge is 0.309 e. The minimum absolute atomic E-state index is 0.0714. The summed E-state index contributed by atoms with van der Waals surface area (Å²) in [5.74, 6) is 0.141. The molecule has 25 heavy (non-hydrogen) atoms. The Balaban J connectivity index is 2.00. The maximum Gasteiger partial charge on any atom is 0.309 e. The highest BCUT2D eigenvalue weighted by Gasteiger charge is 2.28. The SMILES string of the molecule is C=CCC1=CC(=O)C2=CCCCC2=C1OCCCCC(C)(C)C(=O)O. The summed E-state index contributed by atoms with van der Waals surface area (Å²) in [5.41, 5.74) is 2.02. The highest BCUT2D eigenvalue weighted by Crippen LogP contribution is 2.36. The summed E-state index contributed by atoms with van der Waals surface area (Å²) in [5, 5.41) is 9.16. The first-order valence-electron chi connectivity index (χ1n) is 9.03. The molecule has 4 heteroatoms. The summed E-state index contributed by atoms with van der Waals surface area (Å²) in [4.78, 5) is 23.4. The Kier molecular flexibility index (Phi) is 6.40. The second-order valence-corrected chi connectivity index (χ2v) is 7.34. The van der Waals surface area contributed by atoms with E-state index in [1.165, 1.54) is 0 Å². The molecule has 0 atom stereocenters. The maximum absolute atomic E-state index is 12.3. The van der Waals surface area contributed by atoms with Crippen LogP contribution in [0.2, 0.25) is 0 Å². The first-order chi connectivity index (χ1) is 11.9. The van der Waals surface area contributed by atoms with Crippen LogP contribution in [-0.2, 0) is 14.3 Å². The van der Waals surface area contributed by atoms with E-state index in [-0.39, 0.29) is 5.78 Å². The molecule has 0 fully saturated rings. The molecule has 0 aliphatic heterocycles. The molecule has 2 aliphatic carbocycles. The summed E-state index contributed by atoms with van der Waals surface area (Å²) in [7, 11) is 0. The summed E-state index contributed by atoms with van der Waals surface area (Å²) >= 11 is 0. The lowest BCUT2D eigenvalue weighted by atomic mass is 9.83. The standard InChI is InChI=1S/C21H28O4/c1-4-9-15-14-18(22)16-10-5-6-11-17(16)19(15)25-13-8-7-12-21(2,3)20(23)24/h4,10,14H,1,5-9,11-13H2,2-3H3,(H,23,24). The predicted molar refractivity (Wildman–Crippen MR) is 98.1 cm³/mol. The first kappa shape index (κ1) is 19.2. The fourth-order valence-electron chi connectivity index (χ4n) is 3.20. The highest BCUT2D eigenvalue weighted by atomic mass is 16.5. The van der Waals surface area contributed by atoms with Gasteiger partial charge in [0.1, 0.15) is 5.76 Å². The molecule has 0 amide bonds. The third kappa shape index (κ3) is 4.71. The molecule has 2 aliphatic rings. The quantitative estimate of drug-likeness (QED) is 0.485. The third-order valence-corrected chi connectivity index (χ3v) is 4.83. The van der Waals surface area contributed by atoms with Gasteiger partial charge in [0, 0.05) is 16.7 Å². The van der Waals surface area contributed by atoms with E-state index in [1.807, 2.05) is 6.08 Å². The first-order valence-corrected chi connectivity index (χ1v) is 9.03. The van der Waals surface area contributed by atoms with Crippen LogP contribution in [0.1, 0.15) is 58.8 Å². The second-order valence-electron chi connectivity index (χ2n) is 7.34. The van der Waals surface area contributed by atoms with Gasteiger partial charge in [0.05, 0.1) is 12.0 Å². The highest BCUT2D eigenvalue weighted by molar-refractivity contribution is 6.09. The van der Waals surface area contributed by atoms with Crippen molar-refractivity contribution in [3.05, 3.63) is 47.3 Å². The molecule has 0 saturated carbocycles. The lowest BCUT2D eigenvalue weighted by Gasteiger charge is -2.26.